The van der Waals surface area contributed by atoms with Gasteiger partial charge in [-0.25, -0.2) is 4.31 Å². The number of amides is 2. The lowest BCUT2D eigenvalue weighted by atomic mass is 10.1. The van der Waals surface area contributed by atoms with Crippen molar-refractivity contribution < 1.29 is 22.7 Å². The molecule has 10 heteroatoms. The Morgan fingerprint density at radius 1 is 1.06 bits per heavy atom. The summed E-state index contributed by atoms with van der Waals surface area (Å²) in [5, 5.41) is 2.74. The van der Waals surface area contributed by atoms with Crippen LogP contribution in [0.2, 0.25) is 0 Å². The first-order valence-corrected chi connectivity index (χ1v) is 12.8. The molecule has 2 amide bonds. The lowest BCUT2D eigenvalue weighted by molar-refractivity contribution is -0.139. The van der Waals surface area contributed by atoms with E-state index in [1.165, 1.54) is 19.0 Å². The molecule has 0 saturated carbocycles. The van der Waals surface area contributed by atoms with E-state index in [-0.39, 0.29) is 12.5 Å². The minimum absolute atomic E-state index is 0.129. The molecule has 0 radical (unpaired) electrons. The third kappa shape index (κ3) is 6.95. The second-order valence-corrected chi connectivity index (χ2v) is 10.6. The zero-order chi connectivity index (χ0) is 26.3. The van der Waals surface area contributed by atoms with Crippen molar-refractivity contribution in [1.82, 2.24) is 14.5 Å². The van der Waals surface area contributed by atoms with Crippen LogP contribution in [0.25, 0.3) is 0 Å². The predicted molar refractivity (Wildman–Crippen MR) is 138 cm³/mol. The molecule has 2 rings (SSSR count). The van der Waals surface area contributed by atoms with Crippen LogP contribution in [-0.2, 0) is 26.3 Å². The largest absolute Gasteiger partial charge is 0.497 e. The summed E-state index contributed by atoms with van der Waals surface area (Å²) in [5.74, 6) is -0.143. The fraction of sp³-hybridized carbons (Fsp3) is 0.440. The molecule has 9 nitrogen and oxygen atoms in total. The summed E-state index contributed by atoms with van der Waals surface area (Å²) in [7, 11) is 0.411. The topological polar surface area (TPSA) is 99.3 Å². The molecule has 0 spiro atoms. The Balaban J connectivity index is 2.49. The van der Waals surface area contributed by atoms with Gasteiger partial charge in [0.25, 0.3) is 0 Å². The molecule has 192 valence electrons. The monoisotopic (exact) mass is 504 g/mol. The van der Waals surface area contributed by atoms with Crippen LogP contribution < -0.4 is 14.4 Å². The van der Waals surface area contributed by atoms with E-state index in [4.69, 9.17) is 4.74 Å². The number of nitrogens with one attached hydrogen (secondary N) is 1. The number of ether oxygens (including phenoxy) is 1. The average Bonchev–Trinajstić information content (AvgIpc) is 2.82. The van der Waals surface area contributed by atoms with Crippen LogP contribution in [0.5, 0.6) is 5.75 Å². The fourth-order valence-electron chi connectivity index (χ4n) is 3.52. The van der Waals surface area contributed by atoms with Gasteiger partial charge in [-0.05, 0) is 62.6 Å². The van der Waals surface area contributed by atoms with Crippen molar-refractivity contribution in [3.05, 3.63) is 59.2 Å². The van der Waals surface area contributed by atoms with E-state index in [9.17, 15) is 18.0 Å². The number of hydrogen-bond acceptors (Lipinski definition) is 5. The Bertz CT molecular complexity index is 1130. The Kier molecular flexibility index (Phi) is 9.67. The summed E-state index contributed by atoms with van der Waals surface area (Å²) in [4.78, 5) is 27.7. The lowest BCUT2D eigenvalue weighted by Gasteiger charge is -2.33. The molecule has 0 fully saturated rings. The number of aryl methyl sites for hydroxylation is 2. The zero-order valence-corrected chi connectivity index (χ0v) is 22.3. The second-order valence-electron chi connectivity index (χ2n) is 8.53. The number of hydrogen-bond donors (Lipinski definition) is 1. The maximum absolute atomic E-state index is 13.7. The van der Waals surface area contributed by atoms with Gasteiger partial charge in [-0.15, -0.1) is 0 Å². The van der Waals surface area contributed by atoms with E-state index < -0.39 is 28.7 Å². The molecule has 1 atom stereocenters. The Morgan fingerprint density at radius 2 is 1.69 bits per heavy atom. The Morgan fingerprint density at radius 3 is 2.23 bits per heavy atom. The summed E-state index contributed by atoms with van der Waals surface area (Å²) in [6.07, 6.45) is 0. The van der Waals surface area contributed by atoms with Crippen LogP contribution in [-0.4, -0.2) is 69.8 Å². The molecular formula is C25H36N4O5S. The number of anilines is 1. The molecule has 0 bridgehead atoms. The minimum Gasteiger partial charge on any atom is -0.497 e. The van der Waals surface area contributed by atoms with Crippen LogP contribution in [0.4, 0.5) is 5.69 Å². The highest BCUT2D eigenvalue weighted by Crippen LogP contribution is 2.26. The SMILES string of the molecule is CCNC(=O)C(C)N(Cc1ccc(OC)cc1)C(=O)CN(c1cc(C)ccc1C)S(=O)(=O)N(C)C. The summed E-state index contributed by atoms with van der Waals surface area (Å²) in [6.45, 7) is 7.18. The minimum atomic E-state index is -4.00. The van der Waals surface area contributed by atoms with Crippen molar-refractivity contribution >= 4 is 27.7 Å². The molecular weight excluding hydrogens is 468 g/mol. The highest BCUT2D eigenvalue weighted by molar-refractivity contribution is 7.90. The number of carbonyl (C=O) groups is 2. The van der Waals surface area contributed by atoms with Crippen LogP contribution in [0.1, 0.15) is 30.5 Å². The van der Waals surface area contributed by atoms with Gasteiger partial charge < -0.3 is 15.0 Å². The van der Waals surface area contributed by atoms with E-state index in [1.54, 1.807) is 46.1 Å². The molecule has 2 aromatic rings. The lowest BCUT2D eigenvalue weighted by Crippen LogP contribution is -2.52. The smallest absolute Gasteiger partial charge is 0.304 e. The molecule has 0 heterocycles. The van der Waals surface area contributed by atoms with Crippen molar-refractivity contribution in [2.24, 2.45) is 0 Å². The van der Waals surface area contributed by atoms with Crippen molar-refractivity contribution in [2.45, 2.75) is 40.3 Å². The average molecular weight is 505 g/mol. The predicted octanol–water partition coefficient (Wildman–Crippen LogP) is 2.48. The first-order chi connectivity index (χ1) is 16.4. The molecule has 0 aliphatic heterocycles. The van der Waals surface area contributed by atoms with Crippen LogP contribution in [0, 0.1) is 13.8 Å². The quantitative estimate of drug-likeness (QED) is 0.507. The highest BCUT2D eigenvalue weighted by Gasteiger charge is 2.33. The van der Waals surface area contributed by atoms with Crippen LogP contribution in [0.15, 0.2) is 42.5 Å². The van der Waals surface area contributed by atoms with Gasteiger partial charge in [0.2, 0.25) is 11.8 Å². The first-order valence-electron chi connectivity index (χ1n) is 11.4. The maximum atomic E-state index is 13.7. The summed E-state index contributed by atoms with van der Waals surface area (Å²) < 4.78 is 33.9. The van der Waals surface area contributed by atoms with Gasteiger partial charge in [-0.2, -0.15) is 12.7 Å². The normalized spacial score (nSPS) is 12.2. The third-order valence-electron chi connectivity index (χ3n) is 5.68. The number of rotatable bonds is 11. The van der Waals surface area contributed by atoms with Crippen molar-refractivity contribution in [3.8, 4) is 5.75 Å². The van der Waals surface area contributed by atoms with Crippen molar-refractivity contribution in [2.75, 3.05) is 38.6 Å². The third-order valence-corrected chi connectivity index (χ3v) is 7.49. The van der Waals surface area contributed by atoms with Gasteiger partial charge in [-0.1, -0.05) is 24.3 Å². The molecule has 0 aliphatic rings. The standard InChI is InChI=1S/C25H36N4O5S/c1-8-26-25(31)20(4)28(16-21-11-13-22(34-7)14-12-21)24(30)17-29(35(32,33)27(5)6)23-15-18(2)9-10-19(23)3/h9-15,20H,8,16-17H2,1-7H3,(H,26,31). The van der Waals surface area contributed by atoms with Gasteiger partial charge in [-0.3, -0.25) is 9.59 Å². The Hall–Kier alpha value is -3.11. The van der Waals surface area contributed by atoms with E-state index in [0.29, 0.717) is 23.5 Å². The number of likely N-dealkylation sites (N-methyl/N-ethyl adjacent to an activating group) is 1. The second kappa shape index (κ2) is 12.0. The maximum Gasteiger partial charge on any atom is 0.304 e. The molecule has 35 heavy (non-hydrogen) atoms. The van der Waals surface area contributed by atoms with Crippen molar-refractivity contribution in [3.63, 3.8) is 0 Å². The molecule has 0 saturated heterocycles. The number of nitrogens with zero attached hydrogens (tertiary/aromatic N) is 3. The summed E-state index contributed by atoms with van der Waals surface area (Å²) in [6, 6.07) is 11.8. The van der Waals surface area contributed by atoms with Gasteiger partial charge in [0.1, 0.15) is 18.3 Å². The van der Waals surface area contributed by atoms with Gasteiger partial charge >= 0.3 is 10.2 Å². The van der Waals surface area contributed by atoms with Gasteiger partial charge in [0, 0.05) is 27.2 Å². The van der Waals surface area contributed by atoms with E-state index in [1.807, 2.05) is 31.2 Å². The summed E-state index contributed by atoms with van der Waals surface area (Å²) >= 11 is 0. The van der Waals surface area contributed by atoms with Crippen molar-refractivity contribution in [1.29, 1.82) is 0 Å². The molecule has 1 N–H and O–H groups in total. The number of methoxy groups -OCH3 is 1. The van der Waals surface area contributed by atoms with Crippen LogP contribution >= 0.6 is 0 Å². The first kappa shape index (κ1) is 28.1. The van der Waals surface area contributed by atoms with Gasteiger partial charge in [0.05, 0.1) is 12.8 Å². The van der Waals surface area contributed by atoms with E-state index in [2.05, 4.69) is 5.32 Å². The molecule has 0 aliphatic carbocycles. The molecule has 2 aromatic carbocycles. The molecule has 0 aromatic heterocycles. The van der Waals surface area contributed by atoms with E-state index >= 15 is 0 Å². The molecule has 1 unspecified atom stereocenters. The summed E-state index contributed by atoms with van der Waals surface area (Å²) in [5.41, 5.74) is 2.78. The Labute approximate surface area is 208 Å². The van der Waals surface area contributed by atoms with Gasteiger partial charge in [0.15, 0.2) is 0 Å². The van der Waals surface area contributed by atoms with E-state index in [0.717, 1.165) is 19.7 Å². The zero-order valence-electron chi connectivity index (χ0n) is 21.5. The van der Waals surface area contributed by atoms with Crippen LogP contribution in [0.3, 0.4) is 0 Å². The fourth-order valence-corrected chi connectivity index (χ4v) is 4.64. The number of benzene rings is 2. The number of carbonyl (C=O) groups excluding carboxylic acids is 2. The highest BCUT2D eigenvalue weighted by atomic mass is 32.2.